The van der Waals surface area contributed by atoms with Crippen LogP contribution in [0.3, 0.4) is 0 Å². The fourth-order valence-electron chi connectivity index (χ4n) is 4.28. The van der Waals surface area contributed by atoms with Crippen molar-refractivity contribution in [3.05, 3.63) is 82.5 Å². The average Bonchev–Trinajstić information content (AvgIpc) is 2.92. The van der Waals surface area contributed by atoms with Crippen LogP contribution in [-0.2, 0) is 0 Å². The summed E-state index contributed by atoms with van der Waals surface area (Å²) in [6.07, 6.45) is 2.67. The van der Waals surface area contributed by atoms with Crippen molar-refractivity contribution in [2.24, 2.45) is 0 Å². The maximum absolute atomic E-state index is 12.5. The summed E-state index contributed by atoms with van der Waals surface area (Å²) in [7, 11) is 2.11. The fourth-order valence-corrected chi connectivity index (χ4v) is 4.69. The van der Waals surface area contributed by atoms with Crippen molar-refractivity contribution in [2.45, 2.75) is 6.42 Å². The highest BCUT2D eigenvalue weighted by molar-refractivity contribution is 6.33. The highest BCUT2D eigenvalue weighted by atomic mass is 35.5. The van der Waals surface area contributed by atoms with E-state index < -0.39 is 0 Å². The zero-order chi connectivity index (χ0) is 26.0. The van der Waals surface area contributed by atoms with Crippen molar-refractivity contribution in [3.63, 3.8) is 0 Å². The summed E-state index contributed by atoms with van der Waals surface area (Å²) in [6.45, 7) is 6.40. The molecule has 0 unspecified atom stereocenters. The Balaban J connectivity index is 1.17. The molecule has 196 valence electrons. The Morgan fingerprint density at radius 1 is 1.05 bits per heavy atom. The number of nitrogens with zero attached hydrogens (tertiary/aromatic N) is 4. The highest BCUT2D eigenvalue weighted by Gasteiger charge is 2.21. The number of nitrogens with one attached hydrogen (secondary N) is 1. The van der Waals surface area contributed by atoms with Gasteiger partial charge in [0.25, 0.3) is 5.91 Å². The second-order valence-electron chi connectivity index (χ2n) is 9.03. The van der Waals surface area contributed by atoms with E-state index in [1.165, 1.54) is 5.69 Å². The number of carbonyl (C=O) groups excluding carboxylic acids is 1. The van der Waals surface area contributed by atoms with Gasteiger partial charge in [-0.1, -0.05) is 41.4 Å². The number of hydrogen-bond donors (Lipinski definition) is 1. The molecule has 4 rings (SSSR count). The summed E-state index contributed by atoms with van der Waals surface area (Å²) in [6, 6.07) is 19.1. The fraction of sp³-hybridized carbons (Fsp3) is 0.357. The Morgan fingerprint density at radius 2 is 1.78 bits per heavy atom. The Bertz CT molecular complexity index is 1140. The van der Waals surface area contributed by atoms with E-state index in [1.54, 1.807) is 12.3 Å². The summed E-state index contributed by atoms with van der Waals surface area (Å²) in [4.78, 5) is 23.9. The minimum atomic E-state index is -0.217. The van der Waals surface area contributed by atoms with E-state index in [-0.39, 0.29) is 5.91 Å². The molecular formula is C28H33Cl2N5O2. The van der Waals surface area contributed by atoms with Gasteiger partial charge < -0.3 is 19.9 Å². The zero-order valence-electron chi connectivity index (χ0n) is 21.1. The number of pyridine rings is 1. The number of carbonyl (C=O) groups is 1. The molecule has 0 aliphatic carbocycles. The molecule has 1 N–H and O–H groups in total. The monoisotopic (exact) mass is 541 g/mol. The summed E-state index contributed by atoms with van der Waals surface area (Å²) < 4.78 is 5.61. The van der Waals surface area contributed by atoms with E-state index in [0.29, 0.717) is 23.7 Å². The van der Waals surface area contributed by atoms with Crippen LogP contribution < -0.4 is 19.9 Å². The number of rotatable bonds is 11. The Morgan fingerprint density at radius 3 is 2.49 bits per heavy atom. The number of benzene rings is 2. The first-order valence-electron chi connectivity index (χ1n) is 12.6. The van der Waals surface area contributed by atoms with Crippen molar-refractivity contribution >= 4 is 40.6 Å². The van der Waals surface area contributed by atoms with Gasteiger partial charge in [-0.2, -0.15) is 0 Å². The van der Waals surface area contributed by atoms with Crippen LogP contribution in [0, 0.1) is 0 Å². The first-order valence-corrected chi connectivity index (χ1v) is 13.3. The number of piperazine rings is 1. The van der Waals surface area contributed by atoms with Gasteiger partial charge in [0.2, 0.25) is 0 Å². The van der Waals surface area contributed by atoms with Crippen LogP contribution in [0.15, 0.2) is 66.9 Å². The van der Waals surface area contributed by atoms with Gasteiger partial charge in [-0.3, -0.25) is 9.69 Å². The van der Waals surface area contributed by atoms with Gasteiger partial charge in [-0.25, -0.2) is 4.98 Å². The van der Waals surface area contributed by atoms with E-state index >= 15 is 0 Å². The molecule has 0 radical (unpaired) electrons. The summed E-state index contributed by atoms with van der Waals surface area (Å²) in [5, 5.41) is 4.10. The predicted octanol–water partition coefficient (Wildman–Crippen LogP) is 4.85. The number of para-hydroxylation sites is 1. The smallest absolute Gasteiger partial charge is 0.253 e. The first-order chi connectivity index (χ1) is 18.0. The van der Waals surface area contributed by atoms with Crippen LogP contribution in [0.2, 0.25) is 10.0 Å². The van der Waals surface area contributed by atoms with Crippen LogP contribution in [-0.4, -0.2) is 75.3 Å². The third-order valence-corrected chi connectivity index (χ3v) is 6.92. The third kappa shape index (κ3) is 7.99. The number of anilines is 2. The van der Waals surface area contributed by atoms with E-state index in [1.807, 2.05) is 54.6 Å². The van der Waals surface area contributed by atoms with Crippen molar-refractivity contribution < 1.29 is 9.53 Å². The number of halogens is 2. The van der Waals surface area contributed by atoms with E-state index in [2.05, 4.69) is 32.0 Å². The Kier molecular flexibility index (Phi) is 9.88. The summed E-state index contributed by atoms with van der Waals surface area (Å²) in [5.74, 6) is 1.29. The second kappa shape index (κ2) is 13.5. The molecule has 1 saturated heterocycles. The number of aromatic nitrogens is 1. The average molecular weight is 543 g/mol. The van der Waals surface area contributed by atoms with Gasteiger partial charge in [0.15, 0.2) is 0 Å². The molecule has 1 fully saturated rings. The van der Waals surface area contributed by atoms with Gasteiger partial charge in [0.05, 0.1) is 17.1 Å². The molecule has 1 aromatic heterocycles. The Labute approximate surface area is 228 Å². The molecule has 2 heterocycles. The lowest BCUT2D eigenvalue weighted by molar-refractivity contribution is 0.0946. The molecule has 2 aromatic carbocycles. The SMILES string of the molecule is CN(CCCN1CCN(c2ncc(C(=O)NCCOc3ccccc3)cc2Cl)CC1)c1ccc(Cl)cc1. The number of hydrogen-bond acceptors (Lipinski definition) is 6. The molecule has 1 amide bonds. The van der Waals surface area contributed by atoms with Crippen molar-refractivity contribution in [3.8, 4) is 5.75 Å². The van der Waals surface area contributed by atoms with Crippen molar-refractivity contribution in [2.75, 3.05) is 69.3 Å². The lowest BCUT2D eigenvalue weighted by Crippen LogP contribution is -2.47. The minimum Gasteiger partial charge on any atom is -0.492 e. The van der Waals surface area contributed by atoms with Crippen LogP contribution in [0.1, 0.15) is 16.8 Å². The van der Waals surface area contributed by atoms with Gasteiger partial charge in [0, 0.05) is 56.7 Å². The van der Waals surface area contributed by atoms with Gasteiger partial charge >= 0.3 is 0 Å². The topological polar surface area (TPSA) is 60.9 Å². The van der Waals surface area contributed by atoms with Gasteiger partial charge in [0.1, 0.15) is 18.2 Å². The summed E-state index contributed by atoms with van der Waals surface area (Å²) in [5.41, 5.74) is 1.62. The van der Waals surface area contributed by atoms with Gasteiger partial charge in [-0.05, 0) is 55.4 Å². The zero-order valence-corrected chi connectivity index (χ0v) is 22.6. The van der Waals surface area contributed by atoms with Crippen LogP contribution in [0.25, 0.3) is 0 Å². The molecule has 1 aliphatic rings. The maximum Gasteiger partial charge on any atom is 0.253 e. The quantitative estimate of drug-likeness (QED) is 0.350. The molecule has 1 aliphatic heterocycles. The van der Waals surface area contributed by atoms with Gasteiger partial charge in [-0.15, -0.1) is 0 Å². The normalized spacial score (nSPS) is 13.9. The summed E-state index contributed by atoms with van der Waals surface area (Å²) >= 11 is 12.5. The molecule has 0 spiro atoms. The third-order valence-electron chi connectivity index (χ3n) is 6.39. The highest BCUT2D eigenvalue weighted by Crippen LogP contribution is 2.25. The predicted molar refractivity (Wildman–Crippen MR) is 152 cm³/mol. The molecule has 37 heavy (non-hydrogen) atoms. The first kappa shape index (κ1) is 27.0. The van der Waals surface area contributed by atoms with Crippen molar-refractivity contribution in [1.82, 2.24) is 15.2 Å². The molecule has 0 saturated carbocycles. The molecule has 9 heteroatoms. The van der Waals surface area contributed by atoms with Crippen LogP contribution in [0.4, 0.5) is 11.5 Å². The van der Waals surface area contributed by atoms with Crippen LogP contribution in [0.5, 0.6) is 5.75 Å². The Hall–Kier alpha value is -3.00. The van der Waals surface area contributed by atoms with E-state index in [0.717, 1.165) is 62.3 Å². The lowest BCUT2D eigenvalue weighted by atomic mass is 10.2. The lowest BCUT2D eigenvalue weighted by Gasteiger charge is -2.36. The van der Waals surface area contributed by atoms with E-state index in [9.17, 15) is 4.79 Å². The standard InChI is InChI=1S/C28H33Cl2N5O2/c1-33(24-10-8-23(29)9-11-24)13-5-14-34-15-17-35(18-16-34)27-26(30)20-22(21-32-27)28(36)31-12-19-37-25-6-3-2-4-7-25/h2-4,6-11,20-21H,5,12-19H2,1H3,(H,31,36). The molecular weight excluding hydrogens is 509 g/mol. The van der Waals surface area contributed by atoms with Crippen LogP contribution >= 0.6 is 23.2 Å². The maximum atomic E-state index is 12.5. The molecule has 7 nitrogen and oxygen atoms in total. The largest absolute Gasteiger partial charge is 0.492 e. The number of ether oxygens (including phenoxy) is 1. The minimum absolute atomic E-state index is 0.217. The molecule has 0 atom stereocenters. The molecule has 3 aromatic rings. The van der Waals surface area contributed by atoms with E-state index in [4.69, 9.17) is 27.9 Å². The number of amides is 1. The van der Waals surface area contributed by atoms with Crippen molar-refractivity contribution in [1.29, 1.82) is 0 Å². The molecule has 0 bridgehead atoms. The second-order valence-corrected chi connectivity index (χ2v) is 9.87.